The minimum atomic E-state index is -0.530. The van der Waals surface area contributed by atoms with Gasteiger partial charge in [-0.15, -0.1) is 0 Å². The molecule has 4 aromatic rings. The first-order valence-electron chi connectivity index (χ1n) is 10.7. The first-order chi connectivity index (χ1) is 16.0. The summed E-state index contributed by atoms with van der Waals surface area (Å²) in [5.41, 5.74) is 1.00. The van der Waals surface area contributed by atoms with E-state index in [0.29, 0.717) is 31.2 Å². The summed E-state index contributed by atoms with van der Waals surface area (Å²) in [5.74, 6) is -0.265. The van der Waals surface area contributed by atoms with Gasteiger partial charge in [0.2, 0.25) is 0 Å². The molecule has 170 valence electrons. The highest BCUT2D eigenvalue weighted by Crippen LogP contribution is 2.18. The quantitative estimate of drug-likeness (QED) is 0.382. The zero-order chi connectivity index (χ0) is 23.2. The molecule has 0 saturated heterocycles. The molecule has 3 heterocycles. The number of hydrogen-bond acceptors (Lipinski definition) is 4. The maximum absolute atomic E-state index is 13.8. The number of rotatable bonds is 9. The lowest BCUT2D eigenvalue weighted by molar-refractivity contribution is 0.0707. The predicted molar refractivity (Wildman–Crippen MR) is 120 cm³/mol. The lowest BCUT2D eigenvalue weighted by Crippen LogP contribution is -2.31. The van der Waals surface area contributed by atoms with Crippen molar-refractivity contribution in [3.8, 4) is 0 Å². The first kappa shape index (κ1) is 22.1. The molecule has 3 aromatic heterocycles. The average molecular weight is 449 g/mol. The SMILES string of the molecule is CCCN(Cc1cccn1Cc1ccc(C(=O)Nc2ccccc2F)o1)C(=O)c1ccco1. The highest BCUT2D eigenvalue weighted by molar-refractivity contribution is 6.02. The molecule has 33 heavy (non-hydrogen) atoms. The Bertz CT molecular complexity index is 1230. The van der Waals surface area contributed by atoms with Crippen molar-refractivity contribution < 1.29 is 22.8 Å². The van der Waals surface area contributed by atoms with Crippen LogP contribution >= 0.6 is 0 Å². The van der Waals surface area contributed by atoms with E-state index < -0.39 is 11.7 Å². The van der Waals surface area contributed by atoms with Crippen LogP contribution in [0.5, 0.6) is 0 Å². The standard InChI is InChI=1S/C25H24FN3O4/c1-2-13-29(25(31)23-10-6-15-32-23)16-18-7-5-14-28(18)17-19-11-12-22(33-19)24(30)27-21-9-4-3-8-20(21)26/h3-12,14-15H,2,13,16-17H2,1H3,(H,27,30). The maximum Gasteiger partial charge on any atom is 0.291 e. The van der Waals surface area contributed by atoms with Crippen molar-refractivity contribution in [3.63, 3.8) is 0 Å². The number of carbonyl (C=O) groups excluding carboxylic acids is 2. The molecule has 0 radical (unpaired) electrons. The van der Waals surface area contributed by atoms with Gasteiger partial charge in [-0.05, 0) is 55.0 Å². The number of nitrogens with zero attached hydrogens (tertiary/aromatic N) is 2. The lowest BCUT2D eigenvalue weighted by Gasteiger charge is -2.22. The Hall–Kier alpha value is -4.07. The minimum absolute atomic E-state index is 0.0857. The van der Waals surface area contributed by atoms with Crippen molar-refractivity contribution in [1.29, 1.82) is 0 Å². The van der Waals surface area contributed by atoms with Crippen LogP contribution in [0.15, 0.2) is 82.0 Å². The van der Waals surface area contributed by atoms with E-state index in [9.17, 15) is 14.0 Å². The number of hydrogen-bond donors (Lipinski definition) is 1. The van der Waals surface area contributed by atoms with E-state index in [1.807, 2.05) is 29.8 Å². The van der Waals surface area contributed by atoms with Gasteiger partial charge in [-0.25, -0.2) is 4.39 Å². The molecule has 8 heteroatoms. The van der Waals surface area contributed by atoms with Crippen molar-refractivity contribution >= 4 is 17.5 Å². The molecule has 1 aromatic carbocycles. The molecule has 0 aliphatic heterocycles. The van der Waals surface area contributed by atoms with Gasteiger partial charge in [0, 0.05) is 18.4 Å². The predicted octanol–water partition coefficient (Wildman–Crippen LogP) is 5.17. The van der Waals surface area contributed by atoms with Gasteiger partial charge in [0.1, 0.15) is 11.6 Å². The van der Waals surface area contributed by atoms with Crippen LogP contribution in [0.1, 0.15) is 45.9 Å². The normalized spacial score (nSPS) is 10.8. The van der Waals surface area contributed by atoms with Gasteiger partial charge in [0.25, 0.3) is 11.8 Å². The number of halogens is 1. The van der Waals surface area contributed by atoms with Crippen LogP contribution in [-0.2, 0) is 13.1 Å². The van der Waals surface area contributed by atoms with Crippen molar-refractivity contribution in [2.45, 2.75) is 26.4 Å². The number of amides is 2. The highest BCUT2D eigenvalue weighted by atomic mass is 19.1. The monoisotopic (exact) mass is 449 g/mol. The minimum Gasteiger partial charge on any atom is -0.459 e. The third-order valence-electron chi connectivity index (χ3n) is 5.12. The second-order valence-corrected chi connectivity index (χ2v) is 7.53. The molecule has 0 aliphatic rings. The van der Waals surface area contributed by atoms with E-state index in [4.69, 9.17) is 8.83 Å². The Labute approximate surface area is 190 Å². The number of aromatic nitrogens is 1. The van der Waals surface area contributed by atoms with Crippen LogP contribution in [0, 0.1) is 5.82 Å². The van der Waals surface area contributed by atoms with Crippen molar-refractivity contribution in [2.24, 2.45) is 0 Å². The van der Waals surface area contributed by atoms with Gasteiger partial charge < -0.3 is 23.6 Å². The van der Waals surface area contributed by atoms with Crippen molar-refractivity contribution in [1.82, 2.24) is 9.47 Å². The van der Waals surface area contributed by atoms with Crippen LogP contribution in [0.2, 0.25) is 0 Å². The van der Waals surface area contributed by atoms with E-state index in [1.165, 1.54) is 18.4 Å². The zero-order valence-electron chi connectivity index (χ0n) is 18.2. The Balaban J connectivity index is 1.44. The Morgan fingerprint density at radius 2 is 1.88 bits per heavy atom. The van der Waals surface area contributed by atoms with Crippen molar-refractivity contribution in [3.05, 3.63) is 102 Å². The van der Waals surface area contributed by atoms with Gasteiger partial charge in [-0.2, -0.15) is 0 Å². The molecule has 0 unspecified atom stereocenters. The zero-order valence-corrected chi connectivity index (χ0v) is 18.2. The van der Waals surface area contributed by atoms with Gasteiger partial charge in [0.15, 0.2) is 11.5 Å². The Morgan fingerprint density at radius 3 is 2.64 bits per heavy atom. The molecule has 0 aliphatic carbocycles. The summed E-state index contributed by atoms with van der Waals surface area (Å²) in [4.78, 5) is 26.9. The van der Waals surface area contributed by atoms with E-state index in [2.05, 4.69) is 5.32 Å². The smallest absolute Gasteiger partial charge is 0.291 e. The Morgan fingerprint density at radius 1 is 1.03 bits per heavy atom. The fraction of sp³-hybridized carbons (Fsp3) is 0.200. The summed E-state index contributed by atoms with van der Waals surface area (Å²) < 4.78 is 26.7. The first-order valence-corrected chi connectivity index (χ1v) is 10.7. The summed E-state index contributed by atoms with van der Waals surface area (Å²) >= 11 is 0. The number of anilines is 1. The lowest BCUT2D eigenvalue weighted by atomic mass is 10.3. The molecule has 2 amide bonds. The van der Waals surface area contributed by atoms with Crippen LogP contribution in [-0.4, -0.2) is 27.8 Å². The Kier molecular flexibility index (Phi) is 6.73. The van der Waals surface area contributed by atoms with Gasteiger partial charge >= 0.3 is 0 Å². The molecule has 0 bridgehead atoms. The molecular formula is C25H24FN3O4. The number of carbonyl (C=O) groups is 2. The molecule has 0 fully saturated rings. The van der Waals surface area contributed by atoms with Gasteiger partial charge in [0.05, 0.1) is 25.0 Å². The number of furan rings is 2. The second-order valence-electron chi connectivity index (χ2n) is 7.53. The molecule has 4 rings (SSSR count). The number of benzene rings is 1. The van der Waals surface area contributed by atoms with E-state index in [1.54, 1.807) is 41.3 Å². The molecule has 1 N–H and O–H groups in total. The van der Waals surface area contributed by atoms with Crippen LogP contribution in [0.4, 0.5) is 10.1 Å². The highest BCUT2D eigenvalue weighted by Gasteiger charge is 2.20. The molecular weight excluding hydrogens is 425 g/mol. The summed E-state index contributed by atoms with van der Waals surface area (Å²) in [6.45, 7) is 3.38. The van der Waals surface area contributed by atoms with Gasteiger partial charge in [-0.1, -0.05) is 19.1 Å². The number of nitrogens with one attached hydrogen (secondary N) is 1. The molecule has 7 nitrogen and oxygen atoms in total. The topological polar surface area (TPSA) is 80.6 Å². The number of para-hydroxylation sites is 1. The van der Waals surface area contributed by atoms with Gasteiger partial charge in [-0.3, -0.25) is 9.59 Å². The maximum atomic E-state index is 13.8. The van der Waals surface area contributed by atoms with Crippen LogP contribution < -0.4 is 5.32 Å². The summed E-state index contributed by atoms with van der Waals surface area (Å²) in [6, 6.07) is 16.4. The fourth-order valence-electron chi connectivity index (χ4n) is 3.52. The van der Waals surface area contributed by atoms with E-state index in [-0.39, 0.29) is 17.4 Å². The third-order valence-corrected chi connectivity index (χ3v) is 5.12. The van der Waals surface area contributed by atoms with Crippen molar-refractivity contribution in [2.75, 3.05) is 11.9 Å². The van der Waals surface area contributed by atoms with E-state index in [0.717, 1.165) is 12.1 Å². The summed E-state index contributed by atoms with van der Waals surface area (Å²) in [7, 11) is 0. The molecule has 0 atom stereocenters. The second kappa shape index (κ2) is 10.0. The average Bonchev–Trinajstić information content (AvgIpc) is 3.58. The van der Waals surface area contributed by atoms with Crippen LogP contribution in [0.25, 0.3) is 0 Å². The third kappa shape index (κ3) is 5.23. The molecule has 0 saturated carbocycles. The largest absolute Gasteiger partial charge is 0.459 e. The van der Waals surface area contributed by atoms with Crippen LogP contribution in [0.3, 0.4) is 0 Å². The fourth-order valence-corrected chi connectivity index (χ4v) is 3.52. The molecule has 0 spiro atoms. The summed E-state index contributed by atoms with van der Waals surface area (Å²) in [5, 5.41) is 2.51. The summed E-state index contributed by atoms with van der Waals surface area (Å²) in [6.07, 6.45) is 4.18. The van der Waals surface area contributed by atoms with E-state index >= 15 is 0 Å².